The molecule has 2 aromatic rings. The minimum Gasteiger partial charge on any atom is -0.305 e. The van der Waals surface area contributed by atoms with Gasteiger partial charge in [0, 0.05) is 18.4 Å². The van der Waals surface area contributed by atoms with Gasteiger partial charge in [-0.15, -0.1) is 5.10 Å². The summed E-state index contributed by atoms with van der Waals surface area (Å²) in [6, 6.07) is 4.32. The van der Waals surface area contributed by atoms with Crippen molar-refractivity contribution in [1.82, 2.24) is 25.3 Å². The minimum absolute atomic E-state index is 0.107. The molecule has 0 saturated heterocycles. The summed E-state index contributed by atoms with van der Waals surface area (Å²) in [6.07, 6.45) is 1.80. The van der Waals surface area contributed by atoms with Gasteiger partial charge in [0.2, 0.25) is 0 Å². The van der Waals surface area contributed by atoms with Gasteiger partial charge in [-0.05, 0) is 38.1 Å². The molecule has 0 bridgehead atoms. The van der Waals surface area contributed by atoms with Crippen molar-refractivity contribution in [3.63, 3.8) is 0 Å². The summed E-state index contributed by atoms with van der Waals surface area (Å²) in [5.74, 6) is 0. The highest BCUT2D eigenvalue weighted by Crippen LogP contribution is 2.21. The molecule has 2 rings (SSSR count). The van der Waals surface area contributed by atoms with Gasteiger partial charge < -0.3 is 5.32 Å². The predicted molar refractivity (Wildman–Crippen MR) is 70.2 cm³/mol. The quantitative estimate of drug-likeness (QED) is 0.887. The van der Waals surface area contributed by atoms with Gasteiger partial charge in [-0.25, -0.2) is 0 Å². The number of rotatable bonds is 4. The number of aromatic nitrogens is 4. The van der Waals surface area contributed by atoms with Crippen LogP contribution < -0.4 is 5.32 Å². The van der Waals surface area contributed by atoms with Crippen LogP contribution in [0, 0.1) is 13.8 Å². The maximum Gasteiger partial charge on any atom is 0.0798 e. The van der Waals surface area contributed by atoms with Crippen molar-refractivity contribution in [2.24, 2.45) is 7.05 Å². The molecule has 5 nitrogen and oxygen atoms in total. The average molecular weight is 245 g/mol. The third-order valence-corrected chi connectivity index (χ3v) is 2.89. The molecular formula is C13H19N5. The Morgan fingerprint density at radius 1 is 1.28 bits per heavy atom. The van der Waals surface area contributed by atoms with Crippen LogP contribution in [0.3, 0.4) is 0 Å². The number of pyridine rings is 1. The van der Waals surface area contributed by atoms with Crippen LogP contribution in [0.2, 0.25) is 0 Å². The Morgan fingerprint density at radius 2 is 1.94 bits per heavy atom. The van der Waals surface area contributed by atoms with Gasteiger partial charge in [0.25, 0.3) is 0 Å². The second-order valence-electron chi connectivity index (χ2n) is 4.46. The molecule has 0 fully saturated rings. The smallest absolute Gasteiger partial charge is 0.0798 e. The van der Waals surface area contributed by atoms with Crippen LogP contribution in [0.1, 0.15) is 35.6 Å². The van der Waals surface area contributed by atoms with Crippen molar-refractivity contribution in [3.05, 3.63) is 41.0 Å². The Hall–Kier alpha value is -1.75. The highest BCUT2D eigenvalue weighted by atomic mass is 15.4. The first-order valence-electron chi connectivity index (χ1n) is 6.15. The van der Waals surface area contributed by atoms with E-state index < -0.39 is 0 Å². The molecule has 2 heterocycles. The number of hydrogen-bond acceptors (Lipinski definition) is 4. The van der Waals surface area contributed by atoms with Crippen LogP contribution in [0.25, 0.3) is 0 Å². The van der Waals surface area contributed by atoms with E-state index in [0.29, 0.717) is 0 Å². The zero-order chi connectivity index (χ0) is 13.1. The third kappa shape index (κ3) is 2.56. The van der Waals surface area contributed by atoms with Crippen LogP contribution in [-0.2, 0) is 7.05 Å². The molecule has 5 heteroatoms. The monoisotopic (exact) mass is 245 g/mol. The van der Waals surface area contributed by atoms with Crippen molar-refractivity contribution in [2.75, 3.05) is 6.54 Å². The van der Waals surface area contributed by atoms with Gasteiger partial charge in [-0.2, -0.15) is 0 Å². The molecule has 0 aliphatic carbocycles. The molecule has 1 unspecified atom stereocenters. The Labute approximate surface area is 107 Å². The summed E-state index contributed by atoms with van der Waals surface area (Å²) in [6.45, 7) is 7.01. The second-order valence-corrected chi connectivity index (χ2v) is 4.46. The zero-order valence-electron chi connectivity index (χ0n) is 11.3. The molecule has 0 aliphatic rings. The van der Waals surface area contributed by atoms with Crippen molar-refractivity contribution >= 4 is 0 Å². The molecule has 1 N–H and O–H groups in total. The van der Waals surface area contributed by atoms with Gasteiger partial charge in [-0.3, -0.25) is 9.67 Å². The molecule has 0 saturated carbocycles. The Morgan fingerprint density at radius 3 is 2.44 bits per heavy atom. The summed E-state index contributed by atoms with van der Waals surface area (Å²) >= 11 is 0. The van der Waals surface area contributed by atoms with Gasteiger partial charge in [0.05, 0.1) is 17.9 Å². The minimum atomic E-state index is 0.107. The number of aryl methyl sites for hydroxylation is 3. The van der Waals surface area contributed by atoms with Crippen LogP contribution in [-0.4, -0.2) is 26.5 Å². The fraction of sp³-hybridized carbons (Fsp3) is 0.462. The second kappa shape index (κ2) is 5.27. The van der Waals surface area contributed by atoms with E-state index in [0.717, 1.165) is 23.6 Å². The van der Waals surface area contributed by atoms with Gasteiger partial charge in [0.15, 0.2) is 0 Å². The molecule has 18 heavy (non-hydrogen) atoms. The Bertz CT molecular complexity index is 512. The fourth-order valence-corrected chi connectivity index (χ4v) is 2.19. The molecule has 0 amide bonds. The largest absolute Gasteiger partial charge is 0.305 e. The van der Waals surface area contributed by atoms with E-state index in [-0.39, 0.29) is 6.04 Å². The Kier molecular flexibility index (Phi) is 3.72. The van der Waals surface area contributed by atoms with E-state index in [2.05, 4.69) is 39.7 Å². The average Bonchev–Trinajstić information content (AvgIpc) is 2.71. The van der Waals surface area contributed by atoms with E-state index in [1.54, 1.807) is 10.9 Å². The molecule has 0 radical (unpaired) electrons. The first-order chi connectivity index (χ1) is 8.61. The van der Waals surface area contributed by atoms with Crippen molar-refractivity contribution < 1.29 is 0 Å². The molecule has 0 spiro atoms. The van der Waals surface area contributed by atoms with Crippen LogP contribution in [0.15, 0.2) is 18.3 Å². The van der Waals surface area contributed by atoms with Crippen LogP contribution in [0.5, 0.6) is 0 Å². The van der Waals surface area contributed by atoms with Gasteiger partial charge in [-0.1, -0.05) is 12.1 Å². The van der Waals surface area contributed by atoms with Gasteiger partial charge >= 0.3 is 0 Å². The van der Waals surface area contributed by atoms with Gasteiger partial charge in [0.1, 0.15) is 0 Å². The molecule has 0 aromatic carbocycles. The summed E-state index contributed by atoms with van der Waals surface area (Å²) in [5, 5.41) is 11.4. The summed E-state index contributed by atoms with van der Waals surface area (Å²) in [4.78, 5) is 4.41. The first kappa shape index (κ1) is 12.7. The number of hydrogen-bond donors (Lipinski definition) is 1. The topological polar surface area (TPSA) is 55.6 Å². The van der Waals surface area contributed by atoms with Crippen molar-refractivity contribution in [1.29, 1.82) is 0 Å². The maximum atomic E-state index is 4.41. The highest BCUT2D eigenvalue weighted by molar-refractivity contribution is 5.29. The standard InChI is InChI=1S/C13H19N5/c1-5-14-13(12-8-15-17-18(12)4)11-6-9(2)16-10(3)7-11/h6-8,13-14H,5H2,1-4H3. The van der Waals surface area contributed by atoms with Crippen LogP contribution in [0.4, 0.5) is 0 Å². The van der Waals surface area contributed by atoms with Crippen molar-refractivity contribution in [3.8, 4) is 0 Å². The lowest BCUT2D eigenvalue weighted by molar-refractivity contribution is 0.567. The Balaban J connectivity index is 2.44. The molecule has 96 valence electrons. The summed E-state index contributed by atoms with van der Waals surface area (Å²) < 4.78 is 1.80. The van der Waals surface area contributed by atoms with E-state index in [4.69, 9.17) is 0 Å². The maximum absolute atomic E-state index is 4.41. The van der Waals surface area contributed by atoms with E-state index in [9.17, 15) is 0 Å². The first-order valence-corrected chi connectivity index (χ1v) is 6.15. The SMILES string of the molecule is CCNC(c1cc(C)nc(C)c1)c1cnnn1C. The summed E-state index contributed by atoms with van der Waals surface area (Å²) in [5.41, 5.74) is 4.32. The van der Waals surface area contributed by atoms with Crippen molar-refractivity contribution in [2.45, 2.75) is 26.8 Å². The molecule has 1 atom stereocenters. The van der Waals surface area contributed by atoms with Crippen LogP contribution >= 0.6 is 0 Å². The normalized spacial score (nSPS) is 12.7. The lowest BCUT2D eigenvalue weighted by Gasteiger charge is -2.18. The van der Waals surface area contributed by atoms with E-state index in [1.807, 2.05) is 20.9 Å². The highest BCUT2D eigenvalue weighted by Gasteiger charge is 2.17. The number of nitrogens with zero attached hydrogens (tertiary/aromatic N) is 4. The molecule has 0 aliphatic heterocycles. The molecule has 2 aromatic heterocycles. The lowest BCUT2D eigenvalue weighted by Crippen LogP contribution is -2.24. The fourth-order valence-electron chi connectivity index (χ4n) is 2.19. The third-order valence-electron chi connectivity index (χ3n) is 2.89. The van der Waals surface area contributed by atoms with E-state index in [1.165, 1.54) is 5.56 Å². The lowest BCUT2D eigenvalue weighted by atomic mass is 10.0. The zero-order valence-corrected chi connectivity index (χ0v) is 11.3. The molecular weight excluding hydrogens is 226 g/mol. The predicted octanol–water partition coefficient (Wildman–Crippen LogP) is 1.53. The number of nitrogens with one attached hydrogen (secondary N) is 1. The van der Waals surface area contributed by atoms with E-state index >= 15 is 0 Å². The summed E-state index contributed by atoms with van der Waals surface area (Å²) in [7, 11) is 1.91.